The van der Waals surface area contributed by atoms with Gasteiger partial charge in [0.1, 0.15) is 10.6 Å². The highest BCUT2D eigenvalue weighted by molar-refractivity contribution is 7.89. The molecular weight excluding hydrogens is 332 g/mol. The summed E-state index contributed by atoms with van der Waals surface area (Å²) in [5.41, 5.74) is 0.476. The van der Waals surface area contributed by atoms with Gasteiger partial charge in [-0.25, -0.2) is 13.1 Å². The second-order valence-corrected chi connectivity index (χ2v) is 7.90. The maximum atomic E-state index is 12.2. The molecule has 0 aliphatic carbocycles. The number of nitrogens with zero attached hydrogens (tertiary/aromatic N) is 3. The van der Waals surface area contributed by atoms with Crippen LogP contribution < -0.4 is 10.0 Å². The molecule has 0 saturated carbocycles. The van der Waals surface area contributed by atoms with Crippen LogP contribution in [0.1, 0.15) is 25.7 Å². The minimum absolute atomic E-state index is 0.0389. The fourth-order valence-corrected chi connectivity index (χ4v) is 3.85. The SMILES string of the molecule is CC(C)NS(=O)(=O)c1c[nH]c(-c2nc(C3CNCCN3C)no2)c1. The molecule has 3 N–H and O–H groups in total. The molecule has 10 heteroatoms. The minimum atomic E-state index is -3.56. The molecule has 0 spiro atoms. The predicted octanol–water partition coefficient (Wildman–Crippen LogP) is 0.328. The Hall–Kier alpha value is -1.75. The summed E-state index contributed by atoms with van der Waals surface area (Å²) in [6.45, 7) is 6.12. The first-order chi connectivity index (χ1) is 11.4. The lowest BCUT2D eigenvalue weighted by atomic mass is 10.2. The van der Waals surface area contributed by atoms with Crippen molar-refractivity contribution >= 4 is 10.0 Å². The topological polar surface area (TPSA) is 116 Å². The minimum Gasteiger partial charge on any atom is -0.356 e. The Kier molecular flexibility index (Phi) is 4.72. The second-order valence-electron chi connectivity index (χ2n) is 6.18. The van der Waals surface area contributed by atoms with E-state index in [1.54, 1.807) is 13.8 Å². The molecule has 1 atom stereocenters. The number of likely N-dealkylation sites (N-methyl/N-ethyl adjacent to an activating group) is 1. The van der Waals surface area contributed by atoms with Crippen LogP contribution in [0.15, 0.2) is 21.7 Å². The van der Waals surface area contributed by atoms with Crippen LogP contribution in [0.3, 0.4) is 0 Å². The third-order valence-electron chi connectivity index (χ3n) is 3.84. The number of aromatic amines is 1. The van der Waals surface area contributed by atoms with E-state index in [4.69, 9.17) is 4.52 Å². The van der Waals surface area contributed by atoms with Gasteiger partial charge in [-0.05, 0) is 27.0 Å². The smallest absolute Gasteiger partial charge is 0.274 e. The fourth-order valence-electron chi connectivity index (χ4n) is 2.61. The van der Waals surface area contributed by atoms with Crippen LogP contribution in [-0.2, 0) is 10.0 Å². The van der Waals surface area contributed by atoms with Crippen LogP contribution in [0, 0.1) is 0 Å². The normalized spacial score (nSPS) is 19.9. The van der Waals surface area contributed by atoms with Gasteiger partial charge in [-0.2, -0.15) is 4.98 Å². The van der Waals surface area contributed by atoms with Gasteiger partial charge in [0.15, 0.2) is 5.82 Å². The molecule has 9 nitrogen and oxygen atoms in total. The molecule has 0 aromatic carbocycles. The van der Waals surface area contributed by atoms with Gasteiger partial charge in [0, 0.05) is 31.9 Å². The molecule has 1 aliphatic heterocycles. The lowest BCUT2D eigenvalue weighted by Gasteiger charge is -2.30. The number of sulfonamides is 1. The molecule has 0 bridgehead atoms. The van der Waals surface area contributed by atoms with Crippen LogP contribution in [0.25, 0.3) is 11.6 Å². The second kappa shape index (κ2) is 6.63. The standard InChI is InChI=1S/C14H22N6O3S/c1-9(2)19-24(21,22)10-6-11(16-7-10)14-17-13(18-23-14)12-8-15-4-5-20(12)3/h6-7,9,12,15-16,19H,4-5,8H2,1-3H3. The van der Waals surface area contributed by atoms with E-state index in [0.717, 1.165) is 19.6 Å². The Balaban J connectivity index is 1.81. The van der Waals surface area contributed by atoms with Crippen molar-refractivity contribution < 1.29 is 12.9 Å². The Bertz CT molecular complexity index is 797. The highest BCUT2D eigenvalue weighted by atomic mass is 32.2. The van der Waals surface area contributed by atoms with Gasteiger partial charge in [0.25, 0.3) is 5.89 Å². The summed E-state index contributed by atoms with van der Waals surface area (Å²) >= 11 is 0. The maximum Gasteiger partial charge on any atom is 0.274 e. The van der Waals surface area contributed by atoms with Crippen molar-refractivity contribution in [1.82, 2.24) is 30.1 Å². The zero-order valence-corrected chi connectivity index (χ0v) is 14.7. The Morgan fingerprint density at radius 3 is 2.96 bits per heavy atom. The monoisotopic (exact) mass is 354 g/mol. The zero-order chi connectivity index (χ0) is 17.3. The van der Waals surface area contributed by atoms with Crippen molar-refractivity contribution in [3.63, 3.8) is 0 Å². The van der Waals surface area contributed by atoms with Gasteiger partial charge in [0.2, 0.25) is 10.0 Å². The van der Waals surface area contributed by atoms with Gasteiger partial charge >= 0.3 is 0 Å². The van der Waals surface area contributed by atoms with Crippen molar-refractivity contribution in [3.05, 3.63) is 18.1 Å². The Labute approximate surface area is 140 Å². The zero-order valence-electron chi connectivity index (χ0n) is 13.9. The first kappa shape index (κ1) is 17.1. The van der Waals surface area contributed by atoms with E-state index in [-0.39, 0.29) is 22.9 Å². The van der Waals surface area contributed by atoms with Gasteiger partial charge in [0.05, 0.1) is 6.04 Å². The van der Waals surface area contributed by atoms with Gasteiger partial charge in [-0.1, -0.05) is 5.16 Å². The summed E-state index contributed by atoms with van der Waals surface area (Å²) in [5, 5.41) is 7.33. The van der Waals surface area contributed by atoms with Gasteiger partial charge in [-0.15, -0.1) is 0 Å². The highest BCUT2D eigenvalue weighted by Gasteiger charge is 2.26. The van der Waals surface area contributed by atoms with E-state index in [9.17, 15) is 8.42 Å². The molecule has 24 heavy (non-hydrogen) atoms. The van der Waals surface area contributed by atoms with E-state index in [2.05, 4.69) is 30.1 Å². The molecule has 1 fully saturated rings. The number of piperazine rings is 1. The average Bonchev–Trinajstić information content (AvgIpc) is 3.16. The summed E-state index contributed by atoms with van der Waals surface area (Å²) in [7, 11) is -1.55. The summed E-state index contributed by atoms with van der Waals surface area (Å²) in [5.74, 6) is 0.856. The summed E-state index contributed by atoms with van der Waals surface area (Å²) in [6, 6.07) is 1.35. The number of hydrogen-bond donors (Lipinski definition) is 3. The predicted molar refractivity (Wildman–Crippen MR) is 87.8 cm³/mol. The summed E-state index contributed by atoms with van der Waals surface area (Å²) in [6.07, 6.45) is 1.41. The maximum absolute atomic E-state index is 12.2. The number of rotatable bonds is 5. The van der Waals surface area contributed by atoms with Crippen LogP contribution in [0.2, 0.25) is 0 Å². The van der Waals surface area contributed by atoms with E-state index < -0.39 is 10.0 Å². The van der Waals surface area contributed by atoms with E-state index in [0.29, 0.717) is 11.5 Å². The van der Waals surface area contributed by atoms with E-state index in [1.807, 2.05) is 7.05 Å². The molecule has 0 amide bonds. The van der Waals surface area contributed by atoms with Crippen molar-refractivity contribution in [2.45, 2.75) is 30.8 Å². The lowest BCUT2D eigenvalue weighted by Crippen LogP contribution is -2.44. The Morgan fingerprint density at radius 1 is 1.46 bits per heavy atom. The number of hydrogen-bond acceptors (Lipinski definition) is 7. The largest absolute Gasteiger partial charge is 0.356 e. The van der Waals surface area contributed by atoms with Crippen LogP contribution >= 0.6 is 0 Å². The number of aromatic nitrogens is 3. The summed E-state index contributed by atoms with van der Waals surface area (Å²) in [4.78, 5) is 9.59. The van der Waals surface area contributed by atoms with Crippen LogP contribution in [-0.4, -0.2) is 61.2 Å². The quantitative estimate of drug-likeness (QED) is 0.708. The van der Waals surface area contributed by atoms with Crippen molar-refractivity contribution in [2.24, 2.45) is 0 Å². The number of nitrogens with one attached hydrogen (secondary N) is 3. The lowest BCUT2D eigenvalue weighted by molar-refractivity contribution is 0.190. The molecule has 132 valence electrons. The summed E-state index contributed by atoms with van der Waals surface area (Å²) < 4.78 is 32.2. The van der Waals surface area contributed by atoms with E-state index >= 15 is 0 Å². The first-order valence-corrected chi connectivity index (χ1v) is 9.31. The van der Waals surface area contributed by atoms with Crippen LogP contribution in [0.4, 0.5) is 0 Å². The van der Waals surface area contributed by atoms with Crippen molar-refractivity contribution in [3.8, 4) is 11.6 Å². The van der Waals surface area contributed by atoms with Crippen molar-refractivity contribution in [2.75, 3.05) is 26.7 Å². The molecule has 3 rings (SSSR count). The third kappa shape index (κ3) is 3.51. The van der Waals surface area contributed by atoms with Gasteiger partial charge < -0.3 is 14.8 Å². The molecule has 1 saturated heterocycles. The molecule has 1 unspecified atom stereocenters. The number of H-pyrrole nitrogens is 1. The molecule has 2 aromatic rings. The Morgan fingerprint density at radius 2 is 2.25 bits per heavy atom. The molecule has 2 aromatic heterocycles. The van der Waals surface area contributed by atoms with Gasteiger partial charge in [-0.3, -0.25) is 4.90 Å². The fraction of sp³-hybridized carbons (Fsp3) is 0.571. The van der Waals surface area contributed by atoms with E-state index in [1.165, 1.54) is 12.3 Å². The van der Waals surface area contributed by atoms with Crippen molar-refractivity contribution in [1.29, 1.82) is 0 Å². The van der Waals surface area contributed by atoms with Crippen LogP contribution in [0.5, 0.6) is 0 Å². The third-order valence-corrected chi connectivity index (χ3v) is 5.48. The molecule has 3 heterocycles. The molecule has 0 radical (unpaired) electrons. The highest BCUT2D eigenvalue weighted by Crippen LogP contribution is 2.23. The first-order valence-electron chi connectivity index (χ1n) is 7.82. The molecule has 1 aliphatic rings. The average molecular weight is 354 g/mol. The molecular formula is C14H22N6O3S.